The predicted octanol–water partition coefficient (Wildman–Crippen LogP) is 4.70. The monoisotopic (exact) mass is 469 g/mol. The molecule has 0 saturated carbocycles. The van der Waals surface area contributed by atoms with Gasteiger partial charge in [-0.2, -0.15) is 5.10 Å². The molecule has 0 bridgehead atoms. The predicted molar refractivity (Wildman–Crippen MR) is 120 cm³/mol. The van der Waals surface area contributed by atoms with E-state index in [4.69, 9.17) is 5.11 Å². The Balaban J connectivity index is 1.71. The highest BCUT2D eigenvalue weighted by atomic mass is 32.2. The topological polar surface area (TPSA) is 121 Å². The summed E-state index contributed by atoms with van der Waals surface area (Å²) < 4.78 is 31.8. The van der Waals surface area contributed by atoms with Crippen molar-refractivity contribution in [3.8, 4) is 11.1 Å². The quantitative estimate of drug-likeness (QED) is 0.193. The normalized spacial score (nSPS) is 11.0. The summed E-state index contributed by atoms with van der Waals surface area (Å²) in [6.07, 6.45) is 3.69. The molecule has 0 radical (unpaired) electrons. The molecule has 1 aromatic carbocycles. The maximum atomic E-state index is 15.0. The number of aromatic carboxylic acids is 1. The van der Waals surface area contributed by atoms with Crippen molar-refractivity contribution in [2.45, 2.75) is 13.3 Å². The summed E-state index contributed by atoms with van der Waals surface area (Å²) in [7, 11) is 0. The van der Waals surface area contributed by atoms with E-state index in [1.54, 1.807) is 12.1 Å². The van der Waals surface area contributed by atoms with Gasteiger partial charge in [-0.05, 0) is 30.7 Å². The number of hydrogen-bond acceptors (Lipinski definition) is 7. The molecule has 0 aliphatic carbocycles. The number of rotatable bonds is 8. The Hall–Kier alpha value is -3.86. The lowest BCUT2D eigenvalue weighted by molar-refractivity contribution is 0.0690. The van der Waals surface area contributed by atoms with Crippen LogP contribution in [0, 0.1) is 11.6 Å². The van der Waals surface area contributed by atoms with Crippen molar-refractivity contribution in [3.05, 3.63) is 71.3 Å². The van der Waals surface area contributed by atoms with E-state index in [0.29, 0.717) is 27.9 Å². The van der Waals surface area contributed by atoms with Crippen LogP contribution in [0.1, 0.15) is 39.9 Å². The molecular weight excluding hydrogens is 452 g/mol. The van der Waals surface area contributed by atoms with Crippen LogP contribution in [0.4, 0.5) is 14.5 Å². The molecule has 3 N–H and O–H groups in total. The highest BCUT2D eigenvalue weighted by Gasteiger charge is 2.24. The third kappa shape index (κ3) is 4.40. The van der Waals surface area contributed by atoms with Gasteiger partial charge in [0.1, 0.15) is 22.9 Å². The fraction of sp³-hybridized carbons (Fsp3) is 0.136. The molecule has 0 atom stereocenters. The number of pyridine rings is 2. The van der Waals surface area contributed by atoms with Crippen molar-refractivity contribution >= 4 is 40.4 Å². The fourth-order valence-electron chi connectivity index (χ4n) is 3.10. The first kappa shape index (κ1) is 22.3. The van der Waals surface area contributed by atoms with Crippen molar-refractivity contribution < 1.29 is 23.5 Å². The number of ketones is 1. The number of carbonyl (C=O) groups excluding carboxylic acids is 1. The Morgan fingerprint density at radius 3 is 2.61 bits per heavy atom. The molecule has 0 saturated heterocycles. The highest BCUT2D eigenvalue weighted by Crippen LogP contribution is 2.29. The minimum atomic E-state index is -1.15. The van der Waals surface area contributed by atoms with Crippen molar-refractivity contribution in [2.24, 2.45) is 0 Å². The van der Waals surface area contributed by atoms with E-state index < -0.39 is 23.4 Å². The van der Waals surface area contributed by atoms with Crippen LogP contribution in [0.3, 0.4) is 0 Å². The van der Waals surface area contributed by atoms with Crippen LogP contribution in [0.25, 0.3) is 22.2 Å². The highest BCUT2D eigenvalue weighted by molar-refractivity contribution is 8.00. The van der Waals surface area contributed by atoms with E-state index in [-0.39, 0.29) is 22.6 Å². The summed E-state index contributed by atoms with van der Waals surface area (Å²) in [5, 5.41) is 16.0. The summed E-state index contributed by atoms with van der Waals surface area (Å²) in [4.78, 5) is 32.2. The van der Waals surface area contributed by atoms with Crippen molar-refractivity contribution in [1.82, 2.24) is 20.2 Å². The first-order valence-electron chi connectivity index (χ1n) is 9.85. The van der Waals surface area contributed by atoms with E-state index in [1.807, 2.05) is 6.92 Å². The van der Waals surface area contributed by atoms with Crippen LogP contribution in [-0.4, -0.2) is 42.8 Å². The van der Waals surface area contributed by atoms with Gasteiger partial charge >= 0.3 is 5.97 Å². The first-order chi connectivity index (χ1) is 15.9. The van der Waals surface area contributed by atoms with E-state index in [9.17, 15) is 14.0 Å². The minimum absolute atomic E-state index is 0.0767. The van der Waals surface area contributed by atoms with Crippen LogP contribution in [0.2, 0.25) is 0 Å². The second kappa shape index (κ2) is 9.33. The smallest absolute Gasteiger partial charge is 0.354 e. The number of fused-ring (bicyclic) bond motifs is 1. The molecule has 0 aliphatic rings. The zero-order valence-electron chi connectivity index (χ0n) is 17.2. The number of hydrogen-bond donors (Lipinski definition) is 3. The van der Waals surface area contributed by atoms with Crippen LogP contribution in [-0.2, 0) is 0 Å². The summed E-state index contributed by atoms with van der Waals surface area (Å²) in [5.74, 6) is -3.06. The number of H-pyrrole nitrogens is 1. The number of nitrogens with one attached hydrogen (secondary N) is 2. The number of benzene rings is 1. The van der Waals surface area contributed by atoms with Crippen molar-refractivity contribution in [1.29, 1.82) is 0 Å². The standard InChI is InChI=1S/C22H17F2N5O3S/c1-2-7-33-29-19-15(23)5-4-13(17(19)24)20(30)18-14-8-12(10-26-21(14)28-27-18)11-3-6-16(22(31)32)25-9-11/h3-6,8-10,29H,2,7H2,1H3,(H,31,32)(H,26,27,28). The summed E-state index contributed by atoms with van der Waals surface area (Å²) >= 11 is 1.14. The molecule has 0 unspecified atom stereocenters. The van der Waals surface area contributed by atoms with Crippen LogP contribution in [0.15, 0.2) is 42.7 Å². The number of halogens is 2. The zero-order valence-corrected chi connectivity index (χ0v) is 18.0. The van der Waals surface area contributed by atoms with Gasteiger partial charge in [-0.25, -0.2) is 23.5 Å². The molecular formula is C22H17F2N5O3S. The zero-order chi connectivity index (χ0) is 23.5. The molecule has 11 heteroatoms. The lowest BCUT2D eigenvalue weighted by Crippen LogP contribution is -2.08. The second-order valence-electron chi connectivity index (χ2n) is 6.99. The van der Waals surface area contributed by atoms with Gasteiger partial charge in [0.25, 0.3) is 0 Å². The average Bonchev–Trinajstić information content (AvgIpc) is 3.24. The van der Waals surface area contributed by atoms with Gasteiger partial charge < -0.3 is 9.83 Å². The maximum absolute atomic E-state index is 15.0. The van der Waals surface area contributed by atoms with E-state index in [2.05, 4.69) is 24.9 Å². The van der Waals surface area contributed by atoms with Gasteiger partial charge in [0, 0.05) is 29.3 Å². The number of anilines is 1. The molecule has 8 nitrogen and oxygen atoms in total. The number of carbonyl (C=O) groups is 2. The van der Waals surface area contributed by atoms with Gasteiger partial charge in [0.05, 0.1) is 10.9 Å². The third-order valence-electron chi connectivity index (χ3n) is 4.76. The molecule has 0 fully saturated rings. The average molecular weight is 469 g/mol. The lowest BCUT2D eigenvalue weighted by atomic mass is 10.0. The van der Waals surface area contributed by atoms with Gasteiger partial charge in [0.15, 0.2) is 11.5 Å². The molecule has 168 valence electrons. The van der Waals surface area contributed by atoms with Crippen molar-refractivity contribution in [2.75, 3.05) is 10.5 Å². The Morgan fingerprint density at radius 1 is 1.12 bits per heavy atom. The molecule has 3 heterocycles. The third-order valence-corrected chi connectivity index (χ3v) is 5.72. The van der Waals surface area contributed by atoms with E-state index in [1.165, 1.54) is 18.5 Å². The van der Waals surface area contributed by atoms with Crippen LogP contribution < -0.4 is 4.72 Å². The van der Waals surface area contributed by atoms with E-state index >= 15 is 4.39 Å². The van der Waals surface area contributed by atoms with E-state index in [0.717, 1.165) is 30.5 Å². The van der Waals surface area contributed by atoms with Gasteiger partial charge in [0.2, 0.25) is 5.78 Å². The summed E-state index contributed by atoms with van der Waals surface area (Å²) in [6, 6.07) is 6.64. The second-order valence-corrected chi connectivity index (χ2v) is 7.89. The Morgan fingerprint density at radius 2 is 1.91 bits per heavy atom. The van der Waals surface area contributed by atoms with Crippen LogP contribution >= 0.6 is 11.9 Å². The van der Waals surface area contributed by atoms with Crippen LogP contribution in [0.5, 0.6) is 0 Å². The Labute approximate surface area is 190 Å². The number of nitrogens with zero attached hydrogens (tertiary/aromatic N) is 3. The number of aromatic nitrogens is 4. The molecule has 4 aromatic rings. The summed E-state index contributed by atoms with van der Waals surface area (Å²) in [6.45, 7) is 1.93. The van der Waals surface area contributed by atoms with Gasteiger partial charge in [-0.15, -0.1) is 0 Å². The SMILES string of the molecule is CCCSNc1c(F)ccc(C(=O)c2n[nH]c3ncc(-c4ccc(C(=O)O)nc4)cc23)c1F. The number of carboxylic acids is 1. The molecule has 4 rings (SSSR count). The van der Waals surface area contributed by atoms with Crippen molar-refractivity contribution in [3.63, 3.8) is 0 Å². The molecule has 0 spiro atoms. The lowest BCUT2D eigenvalue weighted by Gasteiger charge is -2.10. The maximum Gasteiger partial charge on any atom is 0.354 e. The molecule has 3 aromatic heterocycles. The summed E-state index contributed by atoms with van der Waals surface area (Å²) in [5.41, 5.74) is 0.524. The molecule has 0 amide bonds. The number of aromatic amines is 1. The molecule has 0 aliphatic heterocycles. The first-order valence-corrected chi connectivity index (χ1v) is 10.8. The van der Waals surface area contributed by atoms with Gasteiger partial charge in [-0.1, -0.05) is 24.9 Å². The molecule has 33 heavy (non-hydrogen) atoms. The Bertz CT molecular complexity index is 1360. The number of carboxylic acid groups (broad SMARTS) is 1. The van der Waals surface area contributed by atoms with Gasteiger partial charge in [-0.3, -0.25) is 9.89 Å². The Kier molecular flexibility index (Phi) is 6.31. The minimum Gasteiger partial charge on any atom is -0.477 e. The fourth-order valence-corrected chi connectivity index (χ4v) is 3.74. The largest absolute Gasteiger partial charge is 0.477 e.